The number of rotatable bonds is 6. The first-order valence-corrected chi connectivity index (χ1v) is 10.1. The van der Waals surface area contributed by atoms with E-state index in [1.54, 1.807) is 0 Å². The second kappa shape index (κ2) is 7.04. The molecule has 5 heteroatoms. The van der Waals surface area contributed by atoms with Gasteiger partial charge in [-0.3, -0.25) is 10.1 Å². The summed E-state index contributed by atoms with van der Waals surface area (Å²) in [6.07, 6.45) is 9.06. The Balaban J connectivity index is 1.40. The molecule has 0 heterocycles. The summed E-state index contributed by atoms with van der Waals surface area (Å²) in [5.74, 6) is 3.53. The normalized spacial score (nSPS) is 34.7. The van der Waals surface area contributed by atoms with Crippen LogP contribution in [-0.4, -0.2) is 29.0 Å². The van der Waals surface area contributed by atoms with E-state index in [1.807, 2.05) is 11.8 Å². The predicted octanol–water partition coefficient (Wildman–Crippen LogP) is 3.56. The molecule has 0 saturated heterocycles. The van der Waals surface area contributed by atoms with E-state index in [4.69, 9.17) is 0 Å². The summed E-state index contributed by atoms with van der Waals surface area (Å²) in [6.45, 7) is 4.86. The molecule has 0 unspecified atom stereocenters. The average molecular weight is 339 g/mol. The Labute approximate surface area is 143 Å². The standard InChI is InChI=1S/C18H30N2O2S/c1-12(2)3-4-19-17(22)20-16(21)11-23-18-8-13-5-14(9-18)7-15(6-13)10-18/h12-15H,3-11H2,1-2H3,(H2,19,20,21,22). The number of nitrogens with one attached hydrogen (secondary N) is 2. The van der Waals surface area contributed by atoms with Gasteiger partial charge in [-0.05, 0) is 68.6 Å². The Morgan fingerprint density at radius 2 is 1.65 bits per heavy atom. The second-order valence-electron chi connectivity index (χ2n) is 8.38. The Hall–Kier alpha value is -0.710. The molecule has 4 fully saturated rings. The summed E-state index contributed by atoms with van der Waals surface area (Å²) in [6, 6.07) is -0.346. The Morgan fingerprint density at radius 3 is 2.17 bits per heavy atom. The lowest BCUT2D eigenvalue weighted by molar-refractivity contribution is -0.117. The molecule has 130 valence electrons. The van der Waals surface area contributed by atoms with Crippen molar-refractivity contribution in [1.82, 2.24) is 10.6 Å². The van der Waals surface area contributed by atoms with Gasteiger partial charge in [0.05, 0.1) is 5.75 Å². The van der Waals surface area contributed by atoms with Crippen molar-refractivity contribution in [3.05, 3.63) is 0 Å². The summed E-state index contributed by atoms with van der Waals surface area (Å²) >= 11 is 1.82. The molecule has 0 aliphatic heterocycles. The maximum atomic E-state index is 12.1. The fourth-order valence-electron chi connectivity index (χ4n) is 5.11. The van der Waals surface area contributed by atoms with E-state index >= 15 is 0 Å². The van der Waals surface area contributed by atoms with Gasteiger partial charge in [0, 0.05) is 11.3 Å². The van der Waals surface area contributed by atoms with Crippen LogP contribution in [0.4, 0.5) is 4.79 Å². The van der Waals surface area contributed by atoms with Crippen molar-refractivity contribution in [2.24, 2.45) is 23.7 Å². The average Bonchev–Trinajstić information content (AvgIpc) is 2.43. The zero-order valence-corrected chi connectivity index (χ0v) is 15.2. The minimum absolute atomic E-state index is 0.146. The van der Waals surface area contributed by atoms with Gasteiger partial charge in [-0.25, -0.2) is 4.79 Å². The molecule has 4 rings (SSSR count). The van der Waals surface area contributed by atoms with Crippen molar-refractivity contribution in [3.8, 4) is 0 Å². The highest BCUT2D eigenvalue weighted by atomic mass is 32.2. The van der Waals surface area contributed by atoms with Crippen LogP contribution in [0.5, 0.6) is 0 Å². The lowest BCUT2D eigenvalue weighted by Crippen LogP contribution is -2.49. The minimum Gasteiger partial charge on any atom is -0.338 e. The number of carbonyl (C=O) groups excluding carboxylic acids is 2. The van der Waals surface area contributed by atoms with Gasteiger partial charge in [-0.1, -0.05) is 13.8 Å². The zero-order chi connectivity index (χ0) is 16.4. The Kier molecular flexibility index (Phi) is 5.24. The van der Waals surface area contributed by atoms with Gasteiger partial charge in [0.2, 0.25) is 5.91 Å². The molecule has 4 nitrogen and oxygen atoms in total. The van der Waals surface area contributed by atoms with Crippen molar-refractivity contribution in [3.63, 3.8) is 0 Å². The van der Waals surface area contributed by atoms with Crippen molar-refractivity contribution in [2.45, 2.75) is 63.5 Å². The highest BCUT2D eigenvalue weighted by molar-refractivity contribution is 8.01. The number of carbonyl (C=O) groups is 2. The molecule has 0 spiro atoms. The van der Waals surface area contributed by atoms with Crippen LogP contribution in [0.25, 0.3) is 0 Å². The summed E-state index contributed by atoms with van der Waals surface area (Å²) in [5.41, 5.74) is 0. The smallest absolute Gasteiger partial charge is 0.321 e. The first-order valence-electron chi connectivity index (χ1n) is 9.16. The molecular weight excluding hydrogens is 308 g/mol. The van der Waals surface area contributed by atoms with E-state index in [1.165, 1.54) is 38.5 Å². The van der Waals surface area contributed by atoms with E-state index < -0.39 is 0 Å². The van der Waals surface area contributed by atoms with Gasteiger partial charge in [0.15, 0.2) is 0 Å². The van der Waals surface area contributed by atoms with E-state index in [0.717, 1.165) is 24.2 Å². The Bertz CT molecular complexity index is 429. The molecule has 3 amide bonds. The van der Waals surface area contributed by atoms with Crippen LogP contribution in [0, 0.1) is 23.7 Å². The van der Waals surface area contributed by atoms with E-state index in [9.17, 15) is 9.59 Å². The van der Waals surface area contributed by atoms with Crippen molar-refractivity contribution in [1.29, 1.82) is 0 Å². The third-order valence-electron chi connectivity index (χ3n) is 5.75. The van der Waals surface area contributed by atoms with Gasteiger partial charge in [-0.15, -0.1) is 11.8 Å². The van der Waals surface area contributed by atoms with Crippen molar-refractivity contribution >= 4 is 23.7 Å². The monoisotopic (exact) mass is 338 g/mol. The maximum absolute atomic E-state index is 12.1. The van der Waals surface area contributed by atoms with Gasteiger partial charge in [0.1, 0.15) is 0 Å². The molecule has 0 atom stereocenters. The van der Waals surface area contributed by atoms with E-state index in [-0.39, 0.29) is 11.9 Å². The van der Waals surface area contributed by atoms with Crippen LogP contribution in [0.3, 0.4) is 0 Å². The lowest BCUT2D eigenvalue weighted by Gasteiger charge is -2.56. The van der Waals surface area contributed by atoms with Crippen molar-refractivity contribution in [2.75, 3.05) is 12.3 Å². The Morgan fingerprint density at radius 1 is 1.09 bits per heavy atom. The largest absolute Gasteiger partial charge is 0.338 e. The van der Waals surface area contributed by atoms with Gasteiger partial charge in [-0.2, -0.15) is 0 Å². The molecule has 4 aliphatic carbocycles. The van der Waals surface area contributed by atoms with Gasteiger partial charge < -0.3 is 5.32 Å². The lowest BCUT2D eigenvalue weighted by atomic mass is 9.56. The molecular formula is C18H30N2O2S. The quantitative estimate of drug-likeness (QED) is 0.778. The van der Waals surface area contributed by atoms with Gasteiger partial charge >= 0.3 is 6.03 Å². The molecule has 2 N–H and O–H groups in total. The third kappa shape index (κ3) is 4.43. The highest BCUT2D eigenvalue weighted by Gasteiger charge is 2.51. The van der Waals surface area contributed by atoms with E-state index in [2.05, 4.69) is 24.5 Å². The second-order valence-corrected chi connectivity index (χ2v) is 9.82. The summed E-state index contributed by atoms with van der Waals surface area (Å²) < 4.78 is 0.334. The van der Waals surface area contributed by atoms with Crippen LogP contribution in [0.2, 0.25) is 0 Å². The summed E-state index contributed by atoms with van der Waals surface area (Å²) in [7, 11) is 0. The number of hydrogen-bond donors (Lipinski definition) is 2. The molecule has 0 radical (unpaired) electrons. The molecule has 4 saturated carbocycles. The number of hydrogen-bond acceptors (Lipinski definition) is 3. The van der Waals surface area contributed by atoms with Crippen molar-refractivity contribution < 1.29 is 9.59 Å². The minimum atomic E-state index is -0.346. The fraction of sp³-hybridized carbons (Fsp3) is 0.889. The summed E-state index contributed by atoms with van der Waals surface area (Å²) in [5, 5.41) is 5.23. The van der Waals surface area contributed by atoms with E-state index in [0.29, 0.717) is 23.0 Å². The number of urea groups is 1. The first kappa shape index (κ1) is 17.1. The van der Waals surface area contributed by atoms with Crippen LogP contribution >= 0.6 is 11.8 Å². The molecule has 0 aromatic rings. The molecule has 4 aliphatic rings. The molecule has 4 bridgehead atoms. The van der Waals surface area contributed by atoms with Gasteiger partial charge in [0.25, 0.3) is 0 Å². The predicted molar refractivity (Wildman–Crippen MR) is 94.4 cm³/mol. The number of thioether (sulfide) groups is 1. The topological polar surface area (TPSA) is 58.2 Å². The summed E-state index contributed by atoms with van der Waals surface area (Å²) in [4.78, 5) is 23.8. The van der Waals surface area contributed by atoms with Crippen LogP contribution in [0.1, 0.15) is 58.8 Å². The number of amides is 3. The highest BCUT2D eigenvalue weighted by Crippen LogP contribution is 2.60. The van der Waals surface area contributed by atoms with Crippen LogP contribution in [-0.2, 0) is 4.79 Å². The van der Waals surface area contributed by atoms with Crippen LogP contribution in [0.15, 0.2) is 0 Å². The number of imide groups is 1. The molecule has 0 aromatic heterocycles. The molecule has 0 aromatic carbocycles. The SMILES string of the molecule is CC(C)CCNC(=O)NC(=O)CSC12CC3CC(CC(C3)C1)C2. The van der Waals surface area contributed by atoms with Crippen LogP contribution < -0.4 is 10.6 Å². The fourth-order valence-corrected chi connectivity index (χ4v) is 6.68. The maximum Gasteiger partial charge on any atom is 0.321 e. The zero-order valence-electron chi connectivity index (χ0n) is 14.4. The molecule has 23 heavy (non-hydrogen) atoms. The third-order valence-corrected chi connectivity index (χ3v) is 7.27. The first-order chi connectivity index (χ1) is 10.9.